The molecule has 0 saturated heterocycles. The normalized spacial score (nSPS) is 15.1. The Kier molecular flexibility index (Phi) is 3.85. The molecule has 0 atom stereocenters. The van der Waals surface area contributed by atoms with Crippen LogP contribution in [0.3, 0.4) is 0 Å². The highest BCUT2D eigenvalue weighted by atomic mass is 16.5. The standard InChI is InChI=1S/C16H20O2/c1-3-16(4-2,13-9-6-5-7-10-13)15(17)14-11-8-12-18-14/h5-7,9-11H,3-4,8,12H2,1-2H3. The van der Waals surface area contributed by atoms with Gasteiger partial charge in [-0.3, -0.25) is 4.79 Å². The first-order valence-corrected chi connectivity index (χ1v) is 6.68. The predicted octanol–water partition coefficient (Wildman–Crippen LogP) is 3.62. The van der Waals surface area contributed by atoms with Crippen molar-refractivity contribution in [3.05, 3.63) is 47.7 Å². The van der Waals surface area contributed by atoms with E-state index < -0.39 is 5.41 Å². The molecule has 96 valence electrons. The lowest BCUT2D eigenvalue weighted by molar-refractivity contribution is -0.124. The highest BCUT2D eigenvalue weighted by molar-refractivity contribution is 6.02. The first-order valence-electron chi connectivity index (χ1n) is 6.68. The summed E-state index contributed by atoms with van der Waals surface area (Å²) in [4.78, 5) is 12.7. The number of hydrogen-bond acceptors (Lipinski definition) is 2. The van der Waals surface area contributed by atoms with Crippen LogP contribution < -0.4 is 0 Å². The van der Waals surface area contributed by atoms with E-state index in [-0.39, 0.29) is 5.78 Å². The summed E-state index contributed by atoms with van der Waals surface area (Å²) in [6, 6.07) is 10.1. The molecule has 0 spiro atoms. The van der Waals surface area contributed by atoms with Crippen LogP contribution in [0.5, 0.6) is 0 Å². The molecule has 1 aliphatic rings. The van der Waals surface area contributed by atoms with E-state index in [1.807, 2.05) is 36.4 Å². The van der Waals surface area contributed by atoms with Gasteiger partial charge in [0.2, 0.25) is 5.78 Å². The summed E-state index contributed by atoms with van der Waals surface area (Å²) in [5.74, 6) is 0.693. The molecule has 1 aromatic rings. The number of Topliss-reactive ketones (excluding diaryl/α,β-unsaturated/α-hetero) is 1. The van der Waals surface area contributed by atoms with Gasteiger partial charge in [-0.05, 0) is 24.5 Å². The molecule has 2 heteroatoms. The summed E-state index contributed by atoms with van der Waals surface area (Å²) in [7, 11) is 0. The van der Waals surface area contributed by atoms with Crippen molar-refractivity contribution in [1.29, 1.82) is 0 Å². The minimum atomic E-state index is -0.433. The number of rotatable bonds is 5. The molecule has 1 aliphatic heterocycles. The molecule has 1 aromatic carbocycles. The quantitative estimate of drug-likeness (QED) is 0.790. The Bertz CT molecular complexity index is 441. The highest BCUT2D eigenvalue weighted by Gasteiger charge is 2.39. The zero-order valence-corrected chi connectivity index (χ0v) is 11.1. The van der Waals surface area contributed by atoms with Gasteiger partial charge in [-0.25, -0.2) is 0 Å². The molecule has 0 N–H and O–H groups in total. The second-order valence-corrected chi connectivity index (χ2v) is 4.69. The Balaban J connectivity index is 2.41. The molecule has 0 bridgehead atoms. The first kappa shape index (κ1) is 12.9. The van der Waals surface area contributed by atoms with E-state index in [2.05, 4.69) is 13.8 Å². The van der Waals surface area contributed by atoms with Crippen LogP contribution in [0.2, 0.25) is 0 Å². The van der Waals surface area contributed by atoms with E-state index in [9.17, 15) is 4.79 Å². The average Bonchev–Trinajstić information content (AvgIpc) is 2.96. The molecule has 18 heavy (non-hydrogen) atoms. The molecule has 0 unspecified atom stereocenters. The number of carbonyl (C=O) groups excluding carboxylic acids is 1. The molecule has 2 rings (SSSR count). The van der Waals surface area contributed by atoms with Gasteiger partial charge in [0.05, 0.1) is 12.0 Å². The van der Waals surface area contributed by atoms with Crippen molar-refractivity contribution in [2.75, 3.05) is 6.61 Å². The fraction of sp³-hybridized carbons (Fsp3) is 0.438. The summed E-state index contributed by atoms with van der Waals surface area (Å²) in [6.07, 6.45) is 4.37. The largest absolute Gasteiger partial charge is 0.490 e. The third kappa shape index (κ3) is 2.07. The number of ketones is 1. The third-order valence-electron chi connectivity index (χ3n) is 3.90. The van der Waals surface area contributed by atoms with Crippen molar-refractivity contribution in [3.63, 3.8) is 0 Å². The minimum absolute atomic E-state index is 0.135. The zero-order chi connectivity index (χ0) is 13.0. The summed E-state index contributed by atoms with van der Waals surface area (Å²) < 4.78 is 5.46. The molecular formula is C16H20O2. The number of allylic oxidation sites excluding steroid dienone is 1. The van der Waals surface area contributed by atoms with E-state index in [0.29, 0.717) is 12.4 Å². The fourth-order valence-corrected chi connectivity index (χ4v) is 2.68. The van der Waals surface area contributed by atoms with E-state index >= 15 is 0 Å². The fourth-order valence-electron chi connectivity index (χ4n) is 2.68. The highest BCUT2D eigenvalue weighted by Crippen LogP contribution is 2.36. The van der Waals surface area contributed by atoms with Crippen molar-refractivity contribution in [3.8, 4) is 0 Å². The van der Waals surface area contributed by atoms with Crippen LogP contribution in [-0.2, 0) is 14.9 Å². The van der Waals surface area contributed by atoms with Crippen LogP contribution in [0, 0.1) is 0 Å². The maximum Gasteiger partial charge on any atom is 0.207 e. The molecule has 0 radical (unpaired) electrons. The predicted molar refractivity (Wildman–Crippen MR) is 72.4 cm³/mol. The molecule has 0 saturated carbocycles. The lowest BCUT2D eigenvalue weighted by Gasteiger charge is -2.30. The van der Waals surface area contributed by atoms with Gasteiger partial charge >= 0.3 is 0 Å². The van der Waals surface area contributed by atoms with Crippen molar-refractivity contribution in [2.24, 2.45) is 0 Å². The molecule has 0 amide bonds. The molecular weight excluding hydrogens is 224 g/mol. The van der Waals surface area contributed by atoms with Gasteiger partial charge in [-0.15, -0.1) is 0 Å². The number of benzene rings is 1. The van der Waals surface area contributed by atoms with Crippen molar-refractivity contribution < 1.29 is 9.53 Å². The first-order chi connectivity index (χ1) is 8.74. The second kappa shape index (κ2) is 5.38. The maximum absolute atomic E-state index is 12.7. The monoisotopic (exact) mass is 244 g/mol. The van der Waals surface area contributed by atoms with E-state index in [0.717, 1.165) is 24.8 Å². The van der Waals surface area contributed by atoms with E-state index in [4.69, 9.17) is 4.74 Å². The summed E-state index contributed by atoms with van der Waals surface area (Å²) in [5.41, 5.74) is 0.661. The van der Waals surface area contributed by atoms with Crippen molar-refractivity contribution in [2.45, 2.75) is 38.5 Å². The molecule has 0 fully saturated rings. The topological polar surface area (TPSA) is 26.3 Å². The van der Waals surface area contributed by atoms with Crippen LogP contribution in [0.4, 0.5) is 0 Å². The molecule has 1 heterocycles. The number of ether oxygens (including phenoxy) is 1. The second-order valence-electron chi connectivity index (χ2n) is 4.69. The van der Waals surface area contributed by atoms with Crippen LogP contribution >= 0.6 is 0 Å². The van der Waals surface area contributed by atoms with Gasteiger partial charge in [0.25, 0.3) is 0 Å². The number of carbonyl (C=O) groups is 1. The van der Waals surface area contributed by atoms with Crippen LogP contribution in [0.1, 0.15) is 38.7 Å². The van der Waals surface area contributed by atoms with Gasteiger partial charge in [0.15, 0.2) is 5.76 Å². The van der Waals surface area contributed by atoms with E-state index in [1.165, 1.54) is 0 Å². The molecule has 0 aromatic heterocycles. The van der Waals surface area contributed by atoms with Crippen molar-refractivity contribution >= 4 is 5.78 Å². The lowest BCUT2D eigenvalue weighted by Crippen LogP contribution is -2.36. The lowest BCUT2D eigenvalue weighted by atomic mass is 9.72. The van der Waals surface area contributed by atoms with Crippen molar-refractivity contribution in [1.82, 2.24) is 0 Å². The van der Waals surface area contributed by atoms with Gasteiger partial charge in [-0.2, -0.15) is 0 Å². The van der Waals surface area contributed by atoms with Gasteiger partial charge in [-0.1, -0.05) is 44.2 Å². The summed E-state index contributed by atoms with van der Waals surface area (Å²) >= 11 is 0. The third-order valence-corrected chi connectivity index (χ3v) is 3.90. The Morgan fingerprint density at radius 3 is 2.39 bits per heavy atom. The van der Waals surface area contributed by atoms with Gasteiger partial charge in [0, 0.05) is 6.42 Å². The Morgan fingerprint density at radius 2 is 1.89 bits per heavy atom. The Labute approximate surface area is 109 Å². The average molecular weight is 244 g/mol. The zero-order valence-electron chi connectivity index (χ0n) is 11.1. The SMILES string of the molecule is CCC(CC)(C(=O)C1=CCCO1)c1ccccc1. The van der Waals surface area contributed by atoms with E-state index in [1.54, 1.807) is 0 Å². The Morgan fingerprint density at radius 1 is 1.22 bits per heavy atom. The maximum atomic E-state index is 12.7. The van der Waals surface area contributed by atoms with Crippen LogP contribution in [0.25, 0.3) is 0 Å². The Hall–Kier alpha value is -1.57. The van der Waals surface area contributed by atoms with Crippen LogP contribution in [0.15, 0.2) is 42.2 Å². The summed E-state index contributed by atoms with van der Waals surface area (Å²) in [5, 5.41) is 0. The minimum Gasteiger partial charge on any atom is -0.490 e. The van der Waals surface area contributed by atoms with Gasteiger partial charge in [0.1, 0.15) is 0 Å². The van der Waals surface area contributed by atoms with Crippen LogP contribution in [-0.4, -0.2) is 12.4 Å². The summed E-state index contributed by atoms with van der Waals surface area (Å²) in [6.45, 7) is 4.78. The van der Waals surface area contributed by atoms with Gasteiger partial charge < -0.3 is 4.74 Å². The number of hydrogen-bond donors (Lipinski definition) is 0. The molecule has 2 nitrogen and oxygen atoms in total. The molecule has 0 aliphatic carbocycles. The smallest absolute Gasteiger partial charge is 0.207 e.